The number of ether oxygens (including phenoxy) is 1. The molecule has 0 unspecified atom stereocenters. The second-order valence-corrected chi connectivity index (χ2v) is 7.02. The van der Waals surface area contributed by atoms with Crippen molar-refractivity contribution in [3.05, 3.63) is 34.5 Å². The Morgan fingerprint density at radius 1 is 1.28 bits per heavy atom. The molecule has 1 aliphatic rings. The molecule has 0 bridgehead atoms. The molecular formula is C19H22ClNO4. The molecule has 1 aliphatic carbocycles. The second-order valence-electron chi connectivity index (χ2n) is 6.59. The lowest BCUT2D eigenvalue weighted by Crippen LogP contribution is -2.42. The second kappa shape index (κ2) is 7.48. The van der Waals surface area contributed by atoms with E-state index < -0.39 is 12.1 Å². The highest BCUT2D eigenvalue weighted by molar-refractivity contribution is 6.31. The van der Waals surface area contributed by atoms with Crippen molar-refractivity contribution in [1.29, 1.82) is 0 Å². The van der Waals surface area contributed by atoms with E-state index in [1.807, 2.05) is 0 Å². The molecular weight excluding hydrogens is 342 g/mol. The van der Waals surface area contributed by atoms with Crippen molar-refractivity contribution in [3.8, 4) is 0 Å². The number of amides is 1. The minimum atomic E-state index is -0.870. The zero-order valence-electron chi connectivity index (χ0n) is 14.4. The fourth-order valence-electron chi connectivity index (χ4n) is 3.22. The van der Waals surface area contributed by atoms with Crippen LogP contribution in [0.1, 0.15) is 55.1 Å². The summed E-state index contributed by atoms with van der Waals surface area (Å²) in [7, 11) is 0. The number of esters is 1. The molecule has 1 amide bonds. The molecule has 1 aromatic carbocycles. The number of rotatable bonds is 4. The van der Waals surface area contributed by atoms with Crippen LogP contribution in [-0.4, -0.2) is 24.0 Å². The SMILES string of the molecule is Cc1c(C(=O)O[C@H](C)C(=O)NC2CCCCC2)oc2ccc(Cl)cc12. The Morgan fingerprint density at radius 3 is 2.72 bits per heavy atom. The van der Waals surface area contributed by atoms with Gasteiger partial charge in [-0.05, 0) is 44.9 Å². The van der Waals surface area contributed by atoms with Crippen molar-refractivity contribution >= 4 is 34.4 Å². The average molecular weight is 364 g/mol. The van der Waals surface area contributed by atoms with Crippen LogP contribution < -0.4 is 5.32 Å². The number of nitrogens with one attached hydrogen (secondary N) is 1. The summed E-state index contributed by atoms with van der Waals surface area (Å²) >= 11 is 5.99. The summed E-state index contributed by atoms with van der Waals surface area (Å²) in [6, 6.07) is 5.33. The molecule has 1 heterocycles. The van der Waals surface area contributed by atoms with Gasteiger partial charge in [0.05, 0.1) is 0 Å². The third-order valence-electron chi connectivity index (χ3n) is 4.69. The molecule has 1 fully saturated rings. The minimum Gasteiger partial charge on any atom is -0.449 e. The van der Waals surface area contributed by atoms with Crippen LogP contribution in [-0.2, 0) is 9.53 Å². The van der Waals surface area contributed by atoms with Gasteiger partial charge in [0, 0.05) is 22.0 Å². The number of carbonyl (C=O) groups excluding carboxylic acids is 2. The van der Waals surface area contributed by atoms with E-state index >= 15 is 0 Å². The van der Waals surface area contributed by atoms with Crippen LogP contribution >= 0.6 is 11.6 Å². The number of halogens is 1. The van der Waals surface area contributed by atoms with Crippen molar-refractivity contribution in [2.24, 2.45) is 0 Å². The average Bonchev–Trinajstić information content (AvgIpc) is 2.92. The summed E-state index contributed by atoms with van der Waals surface area (Å²) in [5.74, 6) is -0.803. The highest BCUT2D eigenvalue weighted by atomic mass is 35.5. The molecule has 6 heteroatoms. The van der Waals surface area contributed by atoms with Gasteiger partial charge in [-0.15, -0.1) is 0 Å². The Kier molecular flexibility index (Phi) is 5.33. The zero-order valence-corrected chi connectivity index (χ0v) is 15.2. The van der Waals surface area contributed by atoms with Crippen LogP contribution in [0.3, 0.4) is 0 Å². The summed E-state index contributed by atoms with van der Waals surface area (Å²) in [5.41, 5.74) is 1.22. The maximum absolute atomic E-state index is 12.4. The Labute approximate surface area is 151 Å². The minimum absolute atomic E-state index is 0.106. The highest BCUT2D eigenvalue weighted by Crippen LogP contribution is 2.28. The van der Waals surface area contributed by atoms with Gasteiger partial charge in [0.25, 0.3) is 5.91 Å². The quantitative estimate of drug-likeness (QED) is 0.818. The zero-order chi connectivity index (χ0) is 18.0. The molecule has 134 valence electrons. The number of carbonyl (C=O) groups is 2. The molecule has 3 rings (SSSR count). The molecule has 0 radical (unpaired) electrons. The number of fused-ring (bicyclic) bond motifs is 1. The first-order chi connectivity index (χ1) is 12.0. The van der Waals surface area contributed by atoms with E-state index in [1.54, 1.807) is 32.0 Å². The molecule has 0 spiro atoms. The summed E-state index contributed by atoms with van der Waals surface area (Å²) < 4.78 is 10.9. The Balaban J connectivity index is 1.66. The first kappa shape index (κ1) is 17.8. The van der Waals surface area contributed by atoms with E-state index in [4.69, 9.17) is 20.8 Å². The number of hydrogen-bond acceptors (Lipinski definition) is 4. The molecule has 1 aromatic heterocycles. The van der Waals surface area contributed by atoms with Gasteiger partial charge in [-0.25, -0.2) is 4.79 Å². The Hall–Kier alpha value is -2.01. The van der Waals surface area contributed by atoms with Crippen LogP contribution in [0.4, 0.5) is 0 Å². The van der Waals surface area contributed by atoms with Crippen molar-refractivity contribution in [3.63, 3.8) is 0 Å². The molecule has 1 saturated carbocycles. The Morgan fingerprint density at radius 2 is 2.00 bits per heavy atom. The molecule has 1 N–H and O–H groups in total. The Bertz CT molecular complexity index is 792. The largest absolute Gasteiger partial charge is 0.449 e. The summed E-state index contributed by atoms with van der Waals surface area (Å²) in [5, 5.41) is 4.29. The van der Waals surface area contributed by atoms with Gasteiger partial charge in [0.2, 0.25) is 5.76 Å². The van der Waals surface area contributed by atoms with Crippen molar-refractivity contribution in [1.82, 2.24) is 5.32 Å². The standard InChI is InChI=1S/C19H22ClNO4/c1-11-15-10-13(20)8-9-16(15)25-17(11)19(23)24-12(2)18(22)21-14-6-4-3-5-7-14/h8-10,12,14H,3-7H2,1-2H3,(H,21,22)/t12-/m1/s1. The van der Waals surface area contributed by atoms with Crippen LogP contribution in [0.5, 0.6) is 0 Å². The third-order valence-corrected chi connectivity index (χ3v) is 4.92. The smallest absolute Gasteiger partial charge is 0.375 e. The lowest BCUT2D eigenvalue weighted by atomic mass is 9.95. The molecule has 0 saturated heterocycles. The van der Waals surface area contributed by atoms with Gasteiger partial charge in [0.15, 0.2) is 6.10 Å². The van der Waals surface area contributed by atoms with Crippen LogP contribution in [0, 0.1) is 6.92 Å². The van der Waals surface area contributed by atoms with Gasteiger partial charge in [-0.1, -0.05) is 30.9 Å². The highest BCUT2D eigenvalue weighted by Gasteiger charge is 2.26. The topological polar surface area (TPSA) is 68.5 Å². The number of aryl methyl sites for hydroxylation is 1. The normalized spacial score (nSPS) is 16.6. The fraction of sp³-hybridized carbons (Fsp3) is 0.474. The predicted molar refractivity (Wildman–Crippen MR) is 95.9 cm³/mol. The van der Waals surface area contributed by atoms with Crippen molar-refractivity contribution in [2.45, 2.75) is 58.1 Å². The third kappa shape index (κ3) is 3.98. The van der Waals surface area contributed by atoms with Crippen LogP contribution in [0.25, 0.3) is 11.0 Å². The summed E-state index contributed by atoms with van der Waals surface area (Å²) in [6.07, 6.45) is 4.56. The van der Waals surface area contributed by atoms with E-state index in [0.29, 0.717) is 16.2 Å². The molecule has 1 atom stereocenters. The first-order valence-corrected chi connectivity index (χ1v) is 9.03. The first-order valence-electron chi connectivity index (χ1n) is 8.65. The molecule has 0 aliphatic heterocycles. The maximum atomic E-state index is 12.4. The van der Waals surface area contributed by atoms with E-state index in [0.717, 1.165) is 31.1 Å². The van der Waals surface area contributed by atoms with E-state index in [2.05, 4.69) is 5.32 Å². The van der Waals surface area contributed by atoms with Gasteiger partial charge < -0.3 is 14.5 Å². The van der Waals surface area contributed by atoms with Gasteiger partial charge in [-0.3, -0.25) is 4.79 Å². The monoisotopic (exact) mass is 363 g/mol. The molecule has 2 aromatic rings. The lowest BCUT2D eigenvalue weighted by Gasteiger charge is -2.24. The van der Waals surface area contributed by atoms with Crippen molar-refractivity contribution in [2.75, 3.05) is 0 Å². The summed E-state index contributed by atoms with van der Waals surface area (Å²) in [6.45, 7) is 3.34. The molecule has 25 heavy (non-hydrogen) atoms. The van der Waals surface area contributed by atoms with Gasteiger partial charge in [-0.2, -0.15) is 0 Å². The van der Waals surface area contributed by atoms with Crippen LogP contribution in [0.2, 0.25) is 5.02 Å². The van der Waals surface area contributed by atoms with Crippen LogP contribution in [0.15, 0.2) is 22.6 Å². The maximum Gasteiger partial charge on any atom is 0.375 e. The number of hydrogen-bond donors (Lipinski definition) is 1. The van der Waals surface area contributed by atoms with Gasteiger partial charge >= 0.3 is 5.97 Å². The number of benzene rings is 1. The lowest BCUT2D eigenvalue weighted by molar-refractivity contribution is -0.130. The van der Waals surface area contributed by atoms with Crippen molar-refractivity contribution < 1.29 is 18.7 Å². The van der Waals surface area contributed by atoms with Gasteiger partial charge in [0.1, 0.15) is 5.58 Å². The number of furan rings is 1. The fourth-order valence-corrected chi connectivity index (χ4v) is 3.39. The van der Waals surface area contributed by atoms with E-state index in [9.17, 15) is 9.59 Å². The predicted octanol–water partition coefficient (Wildman–Crippen LogP) is 4.39. The van der Waals surface area contributed by atoms with E-state index in [-0.39, 0.29) is 17.7 Å². The summed E-state index contributed by atoms with van der Waals surface area (Å²) in [4.78, 5) is 24.6. The molecule has 5 nitrogen and oxygen atoms in total. The van der Waals surface area contributed by atoms with E-state index in [1.165, 1.54) is 6.42 Å².